The van der Waals surface area contributed by atoms with Gasteiger partial charge < -0.3 is 19.7 Å². The zero-order valence-electron chi connectivity index (χ0n) is 21.9. The molecule has 2 amide bonds. The number of nitrogens with one attached hydrogen (secondary N) is 1. The fourth-order valence-corrected chi connectivity index (χ4v) is 4.35. The van der Waals surface area contributed by atoms with Crippen molar-refractivity contribution in [1.82, 2.24) is 4.90 Å². The molecular formula is C31H30N2O5. The highest BCUT2D eigenvalue weighted by atomic mass is 16.5. The molecule has 0 aromatic heterocycles. The minimum Gasteiger partial charge on any atom is -0.484 e. The molecule has 1 atom stereocenters. The molecule has 0 saturated heterocycles. The summed E-state index contributed by atoms with van der Waals surface area (Å²) in [6.45, 7) is 5.51. The lowest BCUT2D eigenvalue weighted by Gasteiger charge is -2.26. The van der Waals surface area contributed by atoms with Gasteiger partial charge in [-0.25, -0.2) is 4.79 Å². The van der Waals surface area contributed by atoms with Gasteiger partial charge in [-0.3, -0.25) is 9.59 Å². The predicted octanol–water partition coefficient (Wildman–Crippen LogP) is 5.45. The third-order valence-electron chi connectivity index (χ3n) is 6.40. The van der Waals surface area contributed by atoms with Crippen molar-refractivity contribution < 1.29 is 23.9 Å². The molecule has 4 rings (SSSR count). The molecule has 0 radical (unpaired) electrons. The number of carbonyl (C=O) groups excluding carboxylic acids is 3. The minimum absolute atomic E-state index is 0.145. The third-order valence-corrected chi connectivity index (χ3v) is 6.40. The van der Waals surface area contributed by atoms with Gasteiger partial charge in [-0.15, -0.1) is 0 Å². The van der Waals surface area contributed by atoms with Crippen molar-refractivity contribution in [1.29, 1.82) is 0 Å². The van der Waals surface area contributed by atoms with Gasteiger partial charge in [0, 0.05) is 11.4 Å². The maximum Gasteiger partial charge on any atom is 0.340 e. The summed E-state index contributed by atoms with van der Waals surface area (Å²) >= 11 is 0. The van der Waals surface area contributed by atoms with E-state index in [0.717, 1.165) is 11.1 Å². The van der Waals surface area contributed by atoms with Gasteiger partial charge in [0.1, 0.15) is 5.75 Å². The number of carbonyl (C=O) groups is 3. The zero-order valence-corrected chi connectivity index (χ0v) is 21.9. The van der Waals surface area contributed by atoms with Crippen molar-refractivity contribution in [2.75, 3.05) is 19.0 Å². The lowest BCUT2D eigenvalue weighted by Crippen LogP contribution is -2.28. The monoisotopic (exact) mass is 510 g/mol. The molecule has 0 spiro atoms. The number of amides is 2. The summed E-state index contributed by atoms with van der Waals surface area (Å²) in [7, 11) is 1.30. The molecule has 0 aliphatic carbocycles. The number of rotatable bonds is 8. The number of anilines is 1. The molecule has 1 heterocycles. The molecular weight excluding hydrogens is 480 g/mol. The zero-order chi connectivity index (χ0) is 27.2. The summed E-state index contributed by atoms with van der Waals surface area (Å²) in [4.78, 5) is 40.0. The molecule has 1 N–H and O–H groups in total. The fourth-order valence-electron chi connectivity index (χ4n) is 4.35. The predicted molar refractivity (Wildman–Crippen MR) is 146 cm³/mol. The normalized spacial score (nSPS) is 15.0. The summed E-state index contributed by atoms with van der Waals surface area (Å²) < 4.78 is 10.6. The van der Waals surface area contributed by atoms with E-state index in [2.05, 4.69) is 5.32 Å². The van der Waals surface area contributed by atoms with E-state index in [4.69, 9.17) is 9.47 Å². The molecule has 194 valence electrons. The lowest BCUT2D eigenvalue weighted by molar-refractivity contribution is -0.136. The van der Waals surface area contributed by atoms with Gasteiger partial charge in [0.2, 0.25) is 0 Å². The minimum atomic E-state index is -0.565. The van der Waals surface area contributed by atoms with Crippen LogP contribution < -0.4 is 10.1 Å². The number of benzene rings is 3. The van der Waals surface area contributed by atoms with Gasteiger partial charge in [-0.1, -0.05) is 60.2 Å². The summed E-state index contributed by atoms with van der Waals surface area (Å²) in [5.74, 6) is -0.604. The van der Waals surface area contributed by atoms with Crippen molar-refractivity contribution in [2.45, 2.75) is 26.8 Å². The summed E-state index contributed by atoms with van der Waals surface area (Å²) in [6.07, 6.45) is 1.67. The Morgan fingerprint density at radius 3 is 2.24 bits per heavy atom. The number of ether oxygens (including phenoxy) is 2. The molecule has 3 aromatic carbocycles. The Hall–Kier alpha value is -4.65. The Bertz CT molecular complexity index is 1390. The average Bonchev–Trinajstić information content (AvgIpc) is 3.17. The topological polar surface area (TPSA) is 84.9 Å². The maximum atomic E-state index is 13.5. The van der Waals surface area contributed by atoms with Crippen LogP contribution in [-0.2, 0) is 19.1 Å². The van der Waals surface area contributed by atoms with E-state index in [1.54, 1.807) is 42.2 Å². The van der Waals surface area contributed by atoms with Crippen LogP contribution in [-0.4, -0.2) is 36.4 Å². The second kappa shape index (κ2) is 11.6. The number of nitrogens with zero attached hydrogens (tertiary/aromatic N) is 1. The first-order valence-electron chi connectivity index (χ1n) is 12.3. The van der Waals surface area contributed by atoms with E-state index >= 15 is 0 Å². The van der Waals surface area contributed by atoms with Gasteiger partial charge in [0.25, 0.3) is 11.8 Å². The second-order valence-corrected chi connectivity index (χ2v) is 9.04. The number of allylic oxidation sites excluding steroid dienone is 1. The van der Waals surface area contributed by atoms with Crippen LogP contribution in [0, 0.1) is 6.92 Å². The molecule has 0 saturated carbocycles. The SMILES string of the molecule is COC(=O)C1=C(C)N([C@@H](C)c2ccccc2)C(=O)/C1=C\c1ccc(OCC(=O)Nc2ccc(C)cc2)cc1. The fraction of sp³-hybridized carbons (Fsp3) is 0.194. The Balaban J connectivity index is 1.49. The van der Waals surface area contributed by atoms with Crippen LogP contribution in [0.15, 0.2) is 95.7 Å². The number of esters is 1. The van der Waals surface area contributed by atoms with Crippen molar-refractivity contribution in [3.05, 3.63) is 112 Å². The van der Waals surface area contributed by atoms with Crippen LogP contribution >= 0.6 is 0 Å². The maximum absolute atomic E-state index is 13.5. The van der Waals surface area contributed by atoms with Crippen LogP contribution in [0.25, 0.3) is 6.08 Å². The second-order valence-electron chi connectivity index (χ2n) is 9.04. The van der Waals surface area contributed by atoms with E-state index in [9.17, 15) is 14.4 Å². The summed E-state index contributed by atoms with van der Waals surface area (Å²) in [5, 5.41) is 2.79. The van der Waals surface area contributed by atoms with E-state index in [0.29, 0.717) is 22.7 Å². The average molecular weight is 511 g/mol. The molecule has 7 nitrogen and oxygen atoms in total. The van der Waals surface area contributed by atoms with Gasteiger partial charge >= 0.3 is 5.97 Å². The number of hydrogen-bond donors (Lipinski definition) is 1. The van der Waals surface area contributed by atoms with Gasteiger partial charge in [0.05, 0.1) is 24.3 Å². The molecule has 3 aromatic rings. The van der Waals surface area contributed by atoms with Crippen molar-refractivity contribution >= 4 is 29.5 Å². The van der Waals surface area contributed by atoms with E-state index < -0.39 is 5.97 Å². The molecule has 0 fully saturated rings. The van der Waals surface area contributed by atoms with E-state index in [1.807, 2.05) is 68.4 Å². The Labute approximate surface area is 222 Å². The molecule has 1 aliphatic rings. The Morgan fingerprint density at radius 2 is 1.61 bits per heavy atom. The summed E-state index contributed by atoms with van der Waals surface area (Å²) in [6, 6.07) is 23.8. The first kappa shape index (κ1) is 26.4. The van der Waals surface area contributed by atoms with Gasteiger partial charge in [0.15, 0.2) is 6.61 Å². The molecule has 0 unspecified atom stereocenters. The van der Waals surface area contributed by atoms with Crippen LogP contribution in [0.2, 0.25) is 0 Å². The first-order valence-corrected chi connectivity index (χ1v) is 12.3. The van der Waals surface area contributed by atoms with Crippen molar-refractivity contribution in [3.8, 4) is 5.75 Å². The number of hydrogen-bond acceptors (Lipinski definition) is 5. The Kier molecular flexibility index (Phi) is 8.06. The van der Waals surface area contributed by atoms with Gasteiger partial charge in [-0.2, -0.15) is 0 Å². The van der Waals surface area contributed by atoms with Crippen LogP contribution in [0.4, 0.5) is 5.69 Å². The Morgan fingerprint density at radius 1 is 0.947 bits per heavy atom. The number of methoxy groups -OCH3 is 1. The smallest absolute Gasteiger partial charge is 0.340 e. The van der Waals surface area contributed by atoms with Crippen LogP contribution in [0.3, 0.4) is 0 Å². The largest absolute Gasteiger partial charge is 0.484 e. The standard InChI is InChI=1S/C31H30N2O5/c1-20-10-14-25(15-11-20)32-28(34)19-38-26-16-12-23(13-17-26)18-27-29(31(36)37-4)22(3)33(30(27)35)21(2)24-8-6-5-7-9-24/h5-18,21H,19H2,1-4H3,(H,32,34)/b27-18-/t21-/m0/s1. The highest BCUT2D eigenvalue weighted by Gasteiger charge is 2.39. The van der Waals surface area contributed by atoms with Gasteiger partial charge in [-0.05, 0) is 62.2 Å². The van der Waals surface area contributed by atoms with Crippen LogP contribution in [0.1, 0.15) is 36.6 Å². The number of aryl methyl sites for hydroxylation is 1. The quantitative estimate of drug-likeness (QED) is 0.322. The molecule has 0 bridgehead atoms. The molecule has 38 heavy (non-hydrogen) atoms. The van der Waals surface area contributed by atoms with Crippen molar-refractivity contribution in [2.24, 2.45) is 0 Å². The molecule has 7 heteroatoms. The van der Waals surface area contributed by atoms with Crippen molar-refractivity contribution in [3.63, 3.8) is 0 Å². The highest BCUT2D eigenvalue weighted by Crippen LogP contribution is 2.37. The highest BCUT2D eigenvalue weighted by molar-refractivity contribution is 6.16. The van der Waals surface area contributed by atoms with Crippen LogP contribution in [0.5, 0.6) is 5.75 Å². The van der Waals surface area contributed by atoms with E-state index in [1.165, 1.54) is 7.11 Å². The molecule has 1 aliphatic heterocycles. The third kappa shape index (κ3) is 5.83. The van der Waals surface area contributed by atoms with E-state index in [-0.39, 0.29) is 35.6 Å². The summed E-state index contributed by atoms with van der Waals surface area (Å²) in [5.41, 5.74) is 4.52. The lowest BCUT2D eigenvalue weighted by atomic mass is 10.0. The first-order chi connectivity index (χ1) is 18.3.